The highest BCUT2D eigenvalue weighted by atomic mass is 16.5. The monoisotopic (exact) mass is 480 g/mol. The van der Waals surface area contributed by atoms with Gasteiger partial charge < -0.3 is 15.4 Å². The van der Waals surface area contributed by atoms with Crippen molar-refractivity contribution in [3.8, 4) is 11.3 Å². The van der Waals surface area contributed by atoms with Crippen LogP contribution in [0.4, 0.5) is 10.5 Å². The van der Waals surface area contributed by atoms with Crippen LogP contribution in [0.3, 0.4) is 0 Å². The Balaban J connectivity index is 1.44. The molecule has 0 bridgehead atoms. The second-order valence-electron chi connectivity index (χ2n) is 9.31. The number of urea groups is 1. The lowest BCUT2D eigenvalue weighted by Crippen LogP contribution is -2.42. The highest BCUT2D eigenvalue weighted by Crippen LogP contribution is 2.35. The summed E-state index contributed by atoms with van der Waals surface area (Å²) in [6, 6.07) is 28.3. The Hall–Kier alpha value is -3.74. The van der Waals surface area contributed by atoms with E-state index in [2.05, 4.69) is 39.8 Å². The summed E-state index contributed by atoms with van der Waals surface area (Å²) in [7, 11) is 1.72. The average molecular weight is 481 g/mol. The van der Waals surface area contributed by atoms with Gasteiger partial charge in [-0.15, -0.1) is 0 Å². The van der Waals surface area contributed by atoms with Gasteiger partial charge in [0.1, 0.15) is 0 Å². The molecule has 1 saturated heterocycles. The topological polar surface area (TPSA) is 66.5 Å². The van der Waals surface area contributed by atoms with Gasteiger partial charge >= 0.3 is 6.03 Å². The van der Waals surface area contributed by atoms with Crippen LogP contribution in [0.1, 0.15) is 17.2 Å². The number of aromatic nitrogens is 1. The maximum absolute atomic E-state index is 13.5. The molecule has 0 radical (unpaired) electrons. The first-order chi connectivity index (χ1) is 17.6. The van der Waals surface area contributed by atoms with Crippen molar-refractivity contribution in [3.63, 3.8) is 0 Å². The summed E-state index contributed by atoms with van der Waals surface area (Å²) in [6.07, 6.45) is 0. The number of fused-ring (bicyclic) bond motifs is 1. The number of nitrogens with zero attached hydrogens (tertiary/aromatic N) is 2. The van der Waals surface area contributed by atoms with Gasteiger partial charge in [-0.25, -0.2) is 4.79 Å². The molecule has 6 nitrogen and oxygen atoms in total. The average Bonchev–Trinajstić information content (AvgIpc) is 3.32. The van der Waals surface area contributed by atoms with Gasteiger partial charge in [0.15, 0.2) is 0 Å². The summed E-state index contributed by atoms with van der Waals surface area (Å²) in [5.41, 5.74) is 4.63. The molecule has 0 saturated carbocycles. The van der Waals surface area contributed by atoms with Gasteiger partial charge in [0, 0.05) is 54.7 Å². The maximum atomic E-state index is 13.5. The number of hydrogen-bond acceptors (Lipinski definition) is 4. The molecule has 1 aliphatic rings. The summed E-state index contributed by atoms with van der Waals surface area (Å²) < 4.78 is 5.30. The Kier molecular flexibility index (Phi) is 7.26. The van der Waals surface area contributed by atoms with E-state index in [1.54, 1.807) is 7.11 Å². The van der Waals surface area contributed by atoms with E-state index < -0.39 is 0 Å². The van der Waals surface area contributed by atoms with Crippen LogP contribution < -0.4 is 10.6 Å². The first kappa shape index (κ1) is 24.0. The normalized spacial score (nSPS) is 17.8. The molecule has 5 rings (SSSR count). The van der Waals surface area contributed by atoms with E-state index >= 15 is 0 Å². The number of benzene rings is 3. The maximum Gasteiger partial charge on any atom is 0.319 e. The van der Waals surface area contributed by atoms with Crippen LogP contribution in [0.25, 0.3) is 22.0 Å². The smallest absolute Gasteiger partial charge is 0.319 e. The highest BCUT2D eigenvalue weighted by molar-refractivity contribution is 6.07. The summed E-state index contributed by atoms with van der Waals surface area (Å²) in [6.45, 7) is 5.17. The first-order valence-corrected chi connectivity index (χ1v) is 12.4. The lowest BCUT2D eigenvalue weighted by molar-refractivity contribution is 0.159. The highest BCUT2D eigenvalue weighted by Gasteiger charge is 2.34. The van der Waals surface area contributed by atoms with Crippen LogP contribution in [0.15, 0.2) is 84.9 Å². The molecule has 0 spiro atoms. The molecule has 0 aliphatic carbocycles. The Morgan fingerprint density at radius 2 is 1.61 bits per heavy atom. The van der Waals surface area contributed by atoms with E-state index in [1.165, 1.54) is 5.56 Å². The molecule has 2 heterocycles. The van der Waals surface area contributed by atoms with Gasteiger partial charge in [-0.3, -0.25) is 9.88 Å². The van der Waals surface area contributed by atoms with E-state index in [9.17, 15) is 4.79 Å². The molecule has 2 atom stereocenters. The largest absolute Gasteiger partial charge is 0.383 e. The number of nitrogens with one attached hydrogen (secondary N) is 2. The molecule has 36 heavy (non-hydrogen) atoms. The number of ether oxygens (including phenoxy) is 1. The van der Waals surface area contributed by atoms with E-state index in [0.717, 1.165) is 53.0 Å². The van der Waals surface area contributed by atoms with E-state index in [0.29, 0.717) is 6.61 Å². The fourth-order valence-corrected chi connectivity index (χ4v) is 5.15. The molecular weight excluding hydrogens is 448 g/mol. The molecule has 1 fully saturated rings. The zero-order chi connectivity index (χ0) is 24.9. The van der Waals surface area contributed by atoms with Crippen molar-refractivity contribution in [1.29, 1.82) is 0 Å². The van der Waals surface area contributed by atoms with Gasteiger partial charge in [-0.2, -0.15) is 0 Å². The summed E-state index contributed by atoms with van der Waals surface area (Å²) in [5, 5.41) is 8.47. The number of likely N-dealkylation sites (tertiary alicyclic amines) is 1. The molecule has 2 N–H and O–H groups in total. The Labute approximate surface area is 212 Å². The van der Waals surface area contributed by atoms with E-state index in [-0.39, 0.29) is 18.0 Å². The van der Waals surface area contributed by atoms with Crippen molar-refractivity contribution in [1.82, 2.24) is 15.2 Å². The fraction of sp³-hybridized carbons (Fsp3) is 0.267. The second-order valence-corrected chi connectivity index (χ2v) is 9.31. The second kappa shape index (κ2) is 10.9. The standard InChI is InChI=1S/C30H32N4O2/c1-21-24-15-9-10-16-25(24)29(28(31-21)23-13-7-4-8-14-23)33-30(35)32-27-20-34(17-18-36-2)19-26(27)22-11-5-3-6-12-22/h3-16,26-27H,17-20H2,1-2H3,(H2,32,33,35)/t26-,27+/m0/s1. The van der Waals surface area contributed by atoms with Gasteiger partial charge in [0.25, 0.3) is 0 Å². The molecule has 6 heteroatoms. The Morgan fingerprint density at radius 1 is 0.944 bits per heavy atom. The number of carbonyl (C=O) groups excluding carboxylic acids is 1. The first-order valence-electron chi connectivity index (χ1n) is 12.4. The zero-order valence-electron chi connectivity index (χ0n) is 20.8. The number of pyridine rings is 1. The predicted octanol–water partition coefficient (Wildman–Crippen LogP) is 5.45. The number of rotatable bonds is 7. The van der Waals surface area contributed by atoms with E-state index in [4.69, 9.17) is 9.72 Å². The van der Waals surface area contributed by atoms with Crippen molar-refractivity contribution in [3.05, 3.63) is 96.2 Å². The summed E-state index contributed by atoms with van der Waals surface area (Å²) >= 11 is 0. The molecule has 0 unspecified atom stereocenters. The third-order valence-electron chi connectivity index (χ3n) is 6.94. The lowest BCUT2D eigenvalue weighted by Gasteiger charge is -2.22. The predicted molar refractivity (Wildman–Crippen MR) is 145 cm³/mol. The van der Waals surface area contributed by atoms with E-state index in [1.807, 2.05) is 67.6 Å². The lowest BCUT2D eigenvalue weighted by atomic mass is 9.94. The zero-order valence-corrected chi connectivity index (χ0v) is 20.8. The summed E-state index contributed by atoms with van der Waals surface area (Å²) in [5.74, 6) is 0.204. The van der Waals surface area contributed by atoms with Crippen LogP contribution in [0.2, 0.25) is 0 Å². The van der Waals surface area contributed by atoms with Crippen molar-refractivity contribution in [2.75, 3.05) is 38.7 Å². The SMILES string of the molecule is COCCN1C[C@@H](NC(=O)Nc2c(-c3ccccc3)nc(C)c3ccccc23)[C@H](c2ccccc2)C1. The number of methoxy groups -OCH3 is 1. The quantitative estimate of drug-likeness (QED) is 0.369. The van der Waals surface area contributed by atoms with Crippen LogP contribution in [-0.2, 0) is 4.74 Å². The van der Waals surface area contributed by atoms with Crippen LogP contribution in [0.5, 0.6) is 0 Å². The molecule has 2 amide bonds. The van der Waals surface area contributed by atoms with Crippen LogP contribution in [-0.4, -0.2) is 55.3 Å². The molecular formula is C30H32N4O2. The Morgan fingerprint density at radius 3 is 2.33 bits per heavy atom. The molecule has 184 valence electrons. The number of carbonyl (C=O) groups is 1. The number of hydrogen-bond donors (Lipinski definition) is 2. The summed E-state index contributed by atoms with van der Waals surface area (Å²) in [4.78, 5) is 20.7. The van der Waals surface area contributed by atoms with Crippen molar-refractivity contribution in [2.24, 2.45) is 0 Å². The third-order valence-corrected chi connectivity index (χ3v) is 6.94. The number of anilines is 1. The van der Waals surface area contributed by atoms with Crippen molar-refractivity contribution < 1.29 is 9.53 Å². The number of aryl methyl sites for hydroxylation is 1. The molecule has 1 aliphatic heterocycles. The van der Waals surface area contributed by atoms with Gasteiger partial charge in [0.05, 0.1) is 24.0 Å². The van der Waals surface area contributed by atoms with Gasteiger partial charge in [-0.1, -0.05) is 84.9 Å². The van der Waals surface area contributed by atoms with Crippen molar-refractivity contribution >= 4 is 22.5 Å². The van der Waals surface area contributed by atoms with Crippen molar-refractivity contribution in [2.45, 2.75) is 18.9 Å². The fourth-order valence-electron chi connectivity index (χ4n) is 5.15. The number of amides is 2. The van der Waals surface area contributed by atoms with Gasteiger partial charge in [0.2, 0.25) is 0 Å². The van der Waals surface area contributed by atoms with Gasteiger partial charge in [-0.05, 0) is 12.5 Å². The molecule has 1 aromatic heterocycles. The Bertz CT molecular complexity index is 1330. The minimum absolute atomic E-state index is 0.0193. The van der Waals surface area contributed by atoms with Crippen LogP contribution in [0, 0.1) is 6.92 Å². The molecule has 3 aromatic carbocycles. The molecule has 4 aromatic rings. The third kappa shape index (κ3) is 5.10. The minimum Gasteiger partial charge on any atom is -0.383 e. The van der Waals surface area contributed by atoms with Crippen LogP contribution >= 0.6 is 0 Å². The minimum atomic E-state index is -0.220.